The van der Waals surface area contributed by atoms with Gasteiger partial charge < -0.3 is 0 Å². The minimum atomic E-state index is 0.493. The number of carbonyl (C=O) groups excluding carboxylic acids is 2. The van der Waals surface area contributed by atoms with Crippen molar-refractivity contribution in [1.29, 1.82) is 5.26 Å². The maximum atomic E-state index is 10.6. The molecule has 18 heavy (non-hydrogen) atoms. The first kappa shape index (κ1) is 12.4. The Balaban J connectivity index is 2.36. The smallest absolute Gasteiger partial charge is 0.160 e. The maximum Gasteiger partial charge on any atom is 0.160 e. The number of hydrogen-bond donors (Lipinski definition) is 0. The lowest BCUT2D eigenvalue weighted by Crippen LogP contribution is -1.73. The van der Waals surface area contributed by atoms with Gasteiger partial charge in [0.1, 0.15) is 6.07 Å². The van der Waals surface area contributed by atoms with Crippen LogP contribution in [-0.2, 0) is 0 Å². The molecule has 2 aromatic rings. The summed E-state index contributed by atoms with van der Waals surface area (Å²) in [7, 11) is 0. The summed E-state index contributed by atoms with van der Waals surface area (Å²) in [4.78, 5) is 24.0. The molecule has 0 unspecified atom stereocenters. The summed E-state index contributed by atoms with van der Waals surface area (Å²) in [6, 6.07) is 9.04. The lowest BCUT2D eigenvalue weighted by atomic mass is 10.2. The van der Waals surface area contributed by atoms with E-state index in [1.165, 1.54) is 22.7 Å². The fraction of sp³-hybridized carbons (Fsp3) is 0. The van der Waals surface area contributed by atoms with Crippen LogP contribution in [0.5, 0.6) is 0 Å². The second kappa shape index (κ2) is 5.54. The van der Waals surface area contributed by atoms with Crippen molar-refractivity contribution in [1.82, 2.24) is 0 Å². The highest BCUT2D eigenvalue weighted by atomic mass is 32.1. The quantitative estimate of drug-likeness (QED) is 0.632. The number of thiophene rings is 2. The van der Waals surface area contributed by atoms with Crippen LogP contribution in [0.25, 0.3) is 11.6 Å². The van der Waals surface area contributed by atoms with E-state index in [9.17, 15) is 9.59 Å². The molecule has 2 aromatic heterocycles. The molecule has 0 radical (unpaired) electrons. The van der Waals surface area contributed by atoms with E-state index in [4.69, 9.17) is 5.26 Å². The highest BCUT2D eigenvalue weighted by Crippen LogP contribution is 2.26. The lowest BCUT2D eigenvalue weighted by Gasteiger charge is -1.91. The summed E-state index contributed by atoms with van der Waals surface area (Å²) in [5.41, 5.74) is 0.493. The van der Waals surface area contributed by atoms with Crippen LogP contribution in [0.2, 0.25) is 0 Å². The summed E-state index contributed by atoms with van der Waals surface area (Å²) in [6.07, 6.45) is 3.26. The van der Waals surface area contributed by atoms with E-state index < -0.39 is 0 Å². The molecule has 0 aliphatic heterocycles. The van der Waals surface area contributed by atoms with Crippen molar-refractivity contribution in [3.63, 3.8) is 0 Å². The minimum absolute atomic E-state index is 0.493. The Hall–Kier alpha value is -2.03. The van der Waals surface area contributed by atoms with Gasteiger partial charge in [-0.25, -0.2) is 0 Å². The topological polar surface area (TPSA) is 57.9 Å². The first-order valence-corrected chi connectivity index (χ1v) is 6.62. The van der Waals surface area contributed by atoms with Crippen molar-refractivity contribution < 1.29 is 9.59 Å². The normalized spacial score (nSPS) is 10.9. The highest BCUT2D eigenvalue weighted by molar-refractivity contribution is 7.15. The van der Waals surface area contributed by atoms with Gasteiger partial charge in [-0.3, -0.25) is 9.59 Å². The average molecular weight is 273 g/mol. The zero-order chi connectivity index (χ0) is 13.0. The van der Waals surface area contributed by atoms with Gasteiger partial charge in [0.25, 0.3) is 0 Å². The Labute approximate surface area is 112 Å². The Bertz CT molecular complexity index is 659. The Kier molecular flexibility index (Phi) is 3.82. The molecule has 0 amide bonds. The molecule has 0 aliphatic carbocycles. The standard InChI is InChI=1S/C13H7NO2S2/c14-6-9(13-4-3-12(8-16)18-13)5-10-1-2-11(7-15)17-10/h1-5,7-8H. The molecule has 0 spiro atoms. The van der Waals surface area contributed by atoms with Crippen LogP contribution in [0.15, 0.2) is 24.3 Å². The second-order valence-electron chi connectivity index (χ2n) is 3.35. The Morgan fingerprint density at radius 2 is 1.61 bits per heavy atom. The van der Waals surface area contributed by atoms with Crippen LogP contribution >= 0.6 is 22.7 Å². The number of rotatable bonds is 4. The molecule has 2 rings (SSSR count). The van der Waals surface area contributed by atoms with Gasteiger partial charge in [0, 0.05) is 9.75 Å². The van der Waals surface area contributed by atoms with Crippen LogP contribution in [-0.4, -0.2) is 12.6 Å². The van der Waals surface area contributed by atoms with Gasteiger partial charge in [-0.05, 0) is 30.3 Å². The molecule has 88 valence electrons. The lowest BCUT2D eigenvalue weighted by molar-refractivity contribution is 0.111. The third-order valence-electron chi connectivity index (χ3n) is 2.18. The molecule has 2 heterocycles. The van der Waals surface area contributed by atoms with Gasteiger partial charge in [-0.1, -0.05) is 0 Å². The third-order valence-corrected chi connectivity index (χ3v) is 4.18. The minimum Gasteiger partial charge on any atom is -0.297 e. The summed E-state index contributed by atoms with van der Waals surface area (Å²) >= 11 is 2.60. The number of aldehydes is 2. The van der Waals surface area contributed by atoms with Crippen LogP contribution in [0.4, 0.5) is 0 Å². The van der Waals surface area contributed by atoms with Crippen LogP contribution in [0.3, 0.4) is 0 Å². The molecule has 0 saturated heterocycles. The Morgan fingerprint density at radius 3 is 2.17 bits per heavy atom. The first-order valence-electron chi connectivity index (χ1n) is 4.99. The summed E-state index contributed by atoms with van der Waals surface area (Å²) in [5.74, 6) is 0. The average Bonchev–Trinajstić information content (AvgIpc) is 3.04. The van der Waals surface area contributed by atoms with Gasteiger partial charge in [0.2, 0.25) is 0 Å². The van der Waals surface area contributed by atoms with Gasteiger partial charge >= 0.3 is 0 Å². The molecule has 0 saturated carbocycles. The van der Waals surface area contributed by atoms with Crippen LogP contribution < -0.4 is 0 Å². The van der Waals surface area contributed by atoms with Crippen molar-refractivity contribution in [3.05, 3.63) is 43.8 Å². The zero-order valence-electron chi connectivity index (χ0n) is 9.12. The largest absolute Gasteiger partial charge is 0.297 e. The number of carbonyl (C=O) groups is 2. The van der Waals surface area contributed by atoms with Crippen molar-refractivity contribution in [2.24, 2.45) is 0 Å². The molecule has 0 atom stereocenters. The van der Waals surface area contributed by atoms with E-state index >= 15 is 0 Å². The molecule has 5 heteroatoms. The van der Waals surface area contributed by atoms with Crippen molar-refractivity contribution >= 4 is 46.9 Å². The highest BCUT2D eigenvalue weighted by Gasteiger charge is 2.06. The number of nitriles is 1. The van der Waals surface area contributed by atoms with Gasteiger partial charge in [0.05, 0.1) is 15.3 Å². The monoisotopic (exact) mass is 273 g/mol. The number of allylic oxidation sites excluding steroid dienone is 1. The molecule has 3 nitrogen and oxygen atoms in total. The molecular formula is C13H7NO2S2. The van der Waals surface area contributed by atoms with E-state index in [-0.39, 0.29) is 0 Å². The number of hydrogen-bond acceptors (Lipinski definition) is 5. The van der Waals surface area contributed by atoms with Crippen molar-refractivity contribution in [2.75, 3.05) is 0 Å². The van der Waals surface area contributed by atoms with Crippen molar-refractivity contribution in [3.8, 4) is 6.07 Å². The van der Waals surface area contributed by atoms with Crippen LogP contribution in [0, 0.1) is 11.3 Å². The number of nitrogens with zero attached hydrogens (tertiary/aromatic N) is 1. The van der Waals surface area contributed by atoms with E-state index in [2.05, 4.69) is 6.07 Å². The van der Waals surface area contributed by atoms with Crippen molar-refractivity contribution in [2.45, 2.75) is 0 Å². The summed E-state index contributed by atoms with van der Waals surface area (Å²) in [6.45, 7) is 0. The second-order valence-corrected chi connectivity index (χ2v) is 5.61. The van der Waals surface area contributed by atoms with E-state index in [0.29, 0.717) is 15.3 Å². The molecule has 0 aromatic carbocycles. The van der Waals surface area contributed by atoms with Crippen LogP contribution in [0.1, 0.15) is 29.1 Å². The fourth-order valence-corrected chi connectivity index (χ4v) is 2.93. The fourth-order valence-electron chi connectivity index (χ4n) is 1.37. The molecule has 0 bridgehead atoms. The maximum absolute atomic E-state index is 10.6. The molecule has 0 fully saturated rings. The van der Waals surface area contributed by atoms with E-state index in [0.717, 1.165) is 22.3 Å². The predicted octanol–water partition coefficient (Wildman–Crippen LogP) is 3.50. The third kappa shape index (κ3) is 2.62. The summed E-state index contributed by atoms with van der Waals surface area (Å²) < 4.78 is 0. The first-order chi connectivity index (χ1) is 8.76. The predicted molar refractivity (Wildman–Crippen MR) is 72.9 cm³/mol. The van der Waals surface area contributed by atoms with Gasteiger partial charge in [-0.2, -0.15) is 5.26 Å². The molecule has 0 aliphatic rings. The SMILES string of the molecule is N#CC(=Cc1ccc(C=O)s1)c1ccc(C=O)s1. The van der Waals surface area contributed by atoms with Gasteiger partial charge in [0.15, 0.2) is 12.6 Å². The molecule has 0 N–H and O–H groups in total. The van der Waals surface area contributed by atoms with E-state index in [1.807, 2.05) is 0 Å². The summed E-state index contributed by atoms with van der Waals surface area (Å²) in [5, 5.41) is 9.12. The van der Waals surface area contributed by atoms with E-state index in [1.54, 1.807) is 30.3 Å². The zero-order valence-corrected chi connectivity index (χ0v) is 10.8. The molecular weight excluding hydrogens is 266 g/mol. The Morgan fingerprint density at radius 1 is 1.00 bits per heavy atom. The van der Waals surface area contributed by atoms with Gasteiger partial charge in [-0.15, -0.1) is 22.7 Å².